The fourth-order valence-corrected chi connectivity index (χ4v) is 7.17. The zero-order chi connectivity index (χ0) is 40.9. The quantitative estimate of drug-likeness (QED) is 0.0270. The molecule has 0 radical (unpaired) electrons. The number of phosphoric acid groups is 1. The van der Waals surface area contributed by atoms with Crippen LogP contribution in [0.25, 0.3) is 0 Å². The molecule has 9 heteroatoms. The van der Waals surface area contributed by atoms with Gasteiger partial charge in [-0.05, 0) is 51.4 Å². The maximum absolute atomic E-state index is 12.6. The van der Waals surface area contributed by atoms with Gasteiger partial charge in [0.25, 0.3) is 0 Å². The summed E-state index contributed by atoms with van der Waals surface area (Å²) < 4.78 is 33.4. The fraction of sp³-hybridized carbons (Fsp3) is 0.809. The molecule has 2 unspecified atom stereocenters. The average molecular weight is 810 g/mol. The number of esters is 1. The standard InChI is InChI=1S/C47H88NO7P/c1-3-5-7-9-11-13-15-17-18-19-20-21-22-23-24-25-26-27-28-29-30-32-34-36-38-40-47(49)55-46(45-54-56(50,51)53-43-41-48)44-52-42-39-37-35-33-31-16-14-12-10-8-6-4-2/h5,7,11,13,17-18,20-21,46H,3-4,6,8-10,12,14-16,19,22-45,48H2,1-2H3,(H,50,51)/b7-5-,13-11-,18-17-,21-20-. The summed E-state index contributed by atoms with van der Waals surface area (Å²) >= 11 is 0. The number of carbonyl (C=O) groups is 1. The van der Waals surface area contributed by atoms with Gasteiger partial charge in [-0.15, -0.1) is 0 Å². The van der Waals surface area contributed by atoms with E-state index >= 15 is 0 Å². The van der Waals surface area contributed by atoms with Gasteiger partial charge in [-0.25, -0.2) is 4.57 Å². The van der Waals surface area contributed by atoms with Crippen molar-refractivity contribution >= 4 is 13.8 Å². The maximum Gasteiger partial charge on any atom is 0.472 e. The number of phosphoric ester groups is 1. The Kier molecular flexibility index (Phi) is 43.3. The van der Waals surface area contributed by atoms with E-state index in [2.05, 4.69) is 62.5 Å². The van der Waals surface area contributed by atoms with Crippen molar-refractivity contribution in [3.05, 3.63) is 48.6 Å². The highest BCUT2D eigenvalue weighted by Gasteiger charge is 2.25. The highest BCUT2D eigenvalue weighted by molar-refractivity contribution is 7.47. The summed E-state index contributed by atoms with van der Waals surface area (Å²) in [6, 6.07) is 0. The van der Waals surface area contributed by atoms with E-state index in [9.17, 15) is 14.3 Å². The normalized spacial score (nSPS) is 13.9. The third kappa shape index (κ3) is 43.6. The number of hydrogen-bond donors (Lipinski definition) is 2. The van der Waals surface area contributed by atoms with Crippen LogP contribution in [0, 0.1) is 0 Å². The van der Waals surface area contributed by atoms with Crippen LogP contribution in [0.1, 0.15) is 206 Å². The van der Waals surface area contributed by atoms with Gasteiger partial charge in [-0.3, -0.25) is 13.8 Å². The number of rotatable bonds is 44. The van der Waals surface area contributed by atoms with Crippen molar-refractivity contribution in [2.75, 3.05) is 33.0 Å². The second kappa shape index (κ2) is 44.6. The minimum absolute atomic E-state index is 0.0953. The van der Waals surface area contributed by atoms with E-state index in [4.69, 9.17) is 24.3 Å². The van der Waals surface area contributed by atoms with Gasteiger partial charge in [0, 0.05) is 19.6 Å². The Labute approximate surface area is 345 Å². The van der Waals surface area contributed by atoms with Crippen molar-refractivity contribution in [3.8, 4) is 0 Å². The van der Waals surface area contributed by atoms with E-state index < -0.39 is 13.9 Å². The Morgan fingerprint density at radius 3 is 1.50 bits per heavy atom. The Hall–Kier alpha value is -1.54. The van der Waals surface area contributed by atoms with Crippen LogP contribution in [-0.2, 0) is 27.9 Å². The first kappa shape index (κ1) is 54.5. The molecular weight excluding hydrogens is 721 g/mol. The summed E-state index contributed by atoms with van der Waals surface area (Å²) in [6.45, 7) is 4.83. The maximum atomic E-state index is 12.6. The Morgan fingerprint density at radius 1 is 0.554 bits per heavy atom. The highest BCUT2D eigenvalue weighted by atomic mass is 31.2. The molecule has 2 atom stereocenters. The van der Waals surface area contributed by atoms with Crippen LogP contribution in [0.5, 0.6) is 0 Å². The summed E-state index contributed by atoms with van der Waals surface area (Å²) in [7, 11) is -4.27. The third-order valence-electron chi connectivity index (χ3n) is 9.76. The smallest absolute Gasteiger partial charge is 0.457 e. The lowest BCUT2D eigenvalue weighted by atomic mass is 10.0. The first-order chi connectivity index (χ1) is 27.4. The largest absolute Gasteiger partial charge is 0.472 e. The zero-order valence-electron chi connectivity index (χ0n) is 36.4. The van der Waals surface area contributed by atoms with Crippen LogP contribution in [0.4, 0.5) is 0 Å². The second-order valence-corrected chi connectivity index (χ2v) is 16.7. The molecule has 0 saturated heterocycles. The molecule has 0 aliphatic heterocycles. The van der Waals surface area contributed by atoms with E-state index in [0.717, 1.165) is 57.8 Å². The van der Waals surface area contributed by atoms with Crippen molar-refractivity contribution < 1.29 is 32.8 Å². The minimum Gasteiger partial charge on any atom is -0.457 e. The van der Waals surface area contributed by atoms with Crippen molar-refractivity contribution in [3.63, 3.8) is 0 Å². The zero-order valence-corrected chi connectivity index (χ0v) is 37.3. The van der Waals surface area contributed by atoms with Crippen LogP contribution in [0.15, 0.2) is 48.6 Å². The predicted octanol–water partition coefficient (Wildman–Crippen LogP) is 14.0. The Bertz CT molecular complexity index is 999. The number of unbranched alkanes of at least 4 members (excludes halogenated alkanes) is 23. The topological polar surface area (TPSA) is 117 Å². The van der Waals surface area contributed by atoms with Crippen LogP contribution in [-0.4, -0.2) is 49.9 Å². The van der Waals surface area contributed by atoms with Gasteiger partial charge in [0.15, 0.2) is 0 Å². The van der Waals surface area contributed by atoms with Crippen molar-refractivity contribution in [1.29, 1.82) is 0 Å². The highest BCUT2D eigenvalue weighted by Crippen LogP contribution is 2.43. The molecule has 56 heavy (non-hydrogen) atoms. The van der Waals surface area contributed by atoms with Crippen LogP contribution < -0.4 is 5.73 Å². The van der Waals surface area contributed by atoms with Crippen LogP contribution >= 0.6 is 7.82 Å². The molecule has 8 nitrogen and oxygen atoms in total. The number of nitrogens with two attached hydrogens (primary N) is 1. The molecule has 0 bridgehead atoms. The van der Waals surface area contributed by atoms with E-state index in [1.54, 1.807) is 0 Å². The van der Waals surface area contributed by atoms with Gasteiger partial charge in [0.2, 0.25) is 0 Å². The summed E-state index contributed by atoms with van der Waals surface area (Å²) in [5.74, 6) is -0.332. The number of carbonyl (C=O) groups excluding carboxylic acids is 1. The molecule has 0 heterocycles. The lowest BCUT2D eigenvalue weighted by Crippen LogP contribution is -2.28. The molecule has 0 rings (SSSR count). The third-order valence-corrected chi connectivity index (χ3v) is 10.7. The van der Waals surface area contributed by atoms with E-state index in [-0.39, 0.29) is 32.3 Å². The lowest BCUT2D eigenvalue weighted by Gasteiger charge is -2.20. The van der Waals surface area contributed by atoms with Crippen molar-refractivity contribution in [2.24, 2.45) is 5.73 Å². The Morgan fingerprint density at radius 2 is 1.00 bits per heavy atom. The Balaban J connectivity index is 3.92. The van der Waals surface area contributed by atoms with Gasteiger partial charge in [0.05, 0.1) is 19.8 Å². The minimum atomic E-state index is -4.27. The monoisotopic (exact) mass is 810 g/mol. The summed E-state index contributed by atoms with van der Waals surface area (Å²) in [5.41, 5.74) is 5.37. The van der Waals surface area contributed by atoms with E-state index in [1.165, 1.54) is 128 Å². The molecule has 0 spiro atoms. The predicted molar refractivity (Wildman–Crippen MR) is 238 cm³/mol. The van der Waals surface area contributed by atoms with Gasteiger partial charge in [-0.1, -0.05) is 197 Å². The lowest BCUT2D eigenvalue weighted by molar-refractivity contribution is -0.154. The van der Waals surface area contributed by atoms with E-state index in [1.807, 2.05) is 0 Å². The molecule has 0 aliphatic carbocycles. The first-order valence-electron chi connectivity index (χ1n) is 23.1. The molecular formula is C47H88NO7P. The molecule has 0 aromatic carbocycles. The molecule has 0 saturated carbocycles. The molecule has 3 N–H and O–H groups in total. The van der Waals surface area contributed by atoms with Crippen LogP contribution in [0.3, 0.4) is 0 Å². The fourth-order valence-electron chi connectivity index (χ4n) is 6.40. The average Bonchev–Trinajstić information content (AvgIpc) is 3.19. The van der Waals surface area contributed by atoms with Gasteiger partial charge in [-0.2, -0.15) is 0 Å². The van der Waals surface area contributed by atoms with Crippen LogP contribution in [0.2, 0.25) is 0 Å². The molecule has 0 aliphatic rings. The molecule has 0 aromatic heterocycles. The van der Waals surface area contributed by atoms with Crippen molar-refractivity contribution in [2.45, 2.75) is 213 Å². The molecule has 0 amide bonds. The molecule has 0 fully saturated rings. The summed E-state index contributed by atoms with van der Waals surface area (Å²) in [4.78, 5) is 22.5. The summed E-state index contributed by atoms with van der Waals surface area (Å²) in [6.07, 6.45) is 52.8. The van der Waals surface area contributed by atoms with E-state index in [0.29, 0.717) is 13.0 Å². The number of ether oxygens (including phenoxy) is 2. The molecule has 0 aromatic rings. The number of allylic oxidation sites excluding steroid dienone is 8. The molecule has 328 valence electrons. The first-order valence-corrected chi connectivity index (χ1v) is 24.6. The van der Waals surface area contributed by atoms with Crippen molar-refractivity contribution in [1.82, 2.24) is 0 Å². The second-order valence-electron chi connectivity index (χ2n) is 15.2. The van der Waals surface area contributed by atoms with Gasteiger partial charge >= 0.3 is 13.8 Å². The number of hydrogen-bond acceptors (Lipinski definition) is 7. The van der Waals surface area contributed by atoms with Gasteiger partial charge in [0.1, 0.15) is 6.10 Å². The van der Waals surface area contributed by atoms with Gasteiger partial charge < -0.3 is 20.1 Å². The SMILES string of the molecule is CC/C=C\C/C=C\C/C=C\C/C=C\CCCCCCCCCCCCCCC(=O)OC(COCCCCCCCCCCCCCC)COP(=O)(O)OCCN. The summed E-state index contributed by atoms with van der Waals surface area (Å²) in [5, 5.41) is 0.